The average molecular weight is 240 g/mol. The van der Waals surface area contributed by atoms with Crippen LogP contribution >= 0.6 is 0 Å². The quantitative estimate of drug-likeness (QED) is 0.820. The maximum Gasteiger partial charge on any atom is 0.225 e. The Balaban J connectivity index is 2.54. The number of amides is 1. The minimum atomic E-state index is -0.0260. The highest BCUT2D eigenvalue weighted by molar-refractivity contribution is 5.79. The van der Waals surface area contributed by atoms with Crippen molar-refractivity contribution >= 4 is 5.91 Å². The van der Waals surface area contributed by atoms with E-state index in [1.54, 1.807) is 0 Å². The first kappa shape index (κ1) is 14.5. The van der Waals surface area contributed by atoms with Gasteiger partial charge in [-0.05, 0) is 58.4 Å². The first-order chi connectivity index (χ1) is 7.92. The summed E-state index contributed by atoms with van der Waals surface area (Å²) in [6.07, 6.45) is 5.27. The summed E-state index contributed by atoms with van der Waals surface area (Å²) in [6, 6.07) is 0. The minimum absolute atomic E-state index is 0.0260. The van der Waals surface area contributed by atoms with Gasteiger partial charge in [0.25, 0.3) is 0 Å². The fraction of sp³-hybridized carbons (Fsp3) is 0.929. The van der Waals surface area contributed by atoms with Crippen LogP contribution in [0.5, 0.6) is 0 Å². The van der Waals surface area contributed by atoms with Gasteiger partial charge in [-0.3, -0.25) is 4.79 Å². The van der Waals surface area contributed by atoms with Crippen molar-refractivity contribution in [3.63, 3.8) is 0 Å². The van der Waals surface area contributed by atoms with E-state index in [9.17, 15) is 4.79 Å². The van der Waals surface area contributed by atoms with E-state index in [-0.39, 0.29) is 11.5 Å². The number of nitrogens with zero attached hydrogens (tertiary/aromatic N) is 1. The third kappa shape index (κ3) is 3.44. The summed E-state index contributed by atoms with van der Waals surface area (Å²) < 4.78 is 0. The summed E-state index contributed by atoms with van der Waals surface area (Å²) in [6.45, 7) is 7.18. The van der Waals surface area contributed by atoms with Crippen LogP contribution < -0.4 is 5.73 Å². The van der Waals surface area contributed by atoms with Gasteiger partial charge in [-0.2, -0.15) is 0 Å². The van der Waals surface area contributed by atoms with Gasteiger partial charge >= 0.3 is 0 Å². The highest BCUT2D eigenvalue weighted by Crippen LogP contribution is 2.31. The zero-order valence-electron chi connectivity index (χ0n) is 11.8. The maximum atomic E-state index is 12.4. The van der Waals surface area contributed by atoms with Crippen LogP contribution in [0.3, 0.4) is 0 Å². The highest BCUT2D eigenvalue weighted by Gasteiger charge is 2.32. The Labute approximate surface area is 106 Å². The van der Waals surface area contributed by atoms with Crippen molar-refractivity contribution in [2.75, 3.05) is 13.6 Å². The zero-order chi connectivity index (χ0) is 13.1. The van der Waals surface area contributed by atoms with E-state index < -0.39 is 0 Å². The third-order valence-corrected chi connectivity index (χ3v) is 4.63. The van der Waals surface area contributed by atoms with Crippen LogP contribution in [-0.2, 0) is 4.79 Å². The predicted octanol–water partition coefficient (Wildman–Crippen LogP) is 2.40. The van der Waals surface area contributed by atoms with Gasteiger partial charge in [0.05, 0.1) is 0 Å². The summed E-state index contributed by atoms with van der Waals surface area (Å²) in [7, 11) is 1.95. The van der Waals surface area contributed by atoms with Crippen molar-refractivity contribution in [3.05, 3.63) is 0 Å². The van der Waals surface area contributed by atoms with Gasteiger partial charge in [0.1, 0.15) is 0 Å². The highest BCUT2D eigenvalue weighted by atomic mass is 16.2. The first-order valence-electron chi connectivity index (χ1n) is 6.90. The Kier molecular flexibility index (Phi) is 4.99. The summed E-state index contributed by atoms with van der Waals surface area (Å²) in [5.41, 5.74) is 5.65. The molecule has 0 atom stereocenters. The van der Waals surface area contributed by atoms with E-state index in [4.69, 9.17) is 5.73 Å². The summed E-state index contributed by atoms with van der Waals surface area (Å²) in [5, 5.41) is 0. The van der Waals surface area contributed by atoms with Gasteiger partial charge in [-0.15, -0.1) is 0 Å². The molecule has 1 saturated carbocycles. The Morgan fingerprint density at radius 2 is 1.82 bits per heavy atom. The molecule has 1 fully saturated rings. The zero-order valence-corrected chi connectivity index (χ0v) is 11.8. The topological polar surface area (TPSA) is 46.3 Å². The largest absolute Gasteiger partial charge is 0.340 e. The van der Waals surface area contributed by atoms with Gasteiger partial charge in [0, 0.05) is 18.5 Å². The number of carbonyl (C=O) groups is 1. The molecule has 1 aliphatic carbocycles. The fourth-order valence-electron chi connectivity index (χ4n) is 2.45. The van der Waals surface area contributed by atoms with E-state index in [1.807, 2.05) is 11.9 Å². The molecule has 0 saturated heterocycles. The molecule has 0 unspecified atom stereocenters. The molecule has 100 valence electrons. The molecule has 0 aromatic carbocycles. The van der Waals surface area contributed by atoms with Gasteiger partial charge in [0.15, 0.2) is 0 Å². The monoisotopic (exact) mass is 240 g/mol. The van der Waals surface area contributed by atoms with E-state index >= 15 is 0 Å². The van der Waals surface area contributed by atoms with Gasteiger partial charge < -0.3 is 10.6 Å². The lowest BCUT2D eigenvalue weighted by molar-refractivity contribution is -0.140. The Morgan fingerprint density at radius 1 is 1.29 bits per heavy atom. The lowest BCUT2D eigenvalue weighted by atomic mass is 9.81. The predicted molar refractivity (Wildman–Crippen MR) is 71.6 cm³/mol. The van der Waals surface area contributed by atoms with Crippen LogP contribution in [0, 0.1) is 11.8 Å². The SMILES string of the molecule is CCC(C)(C)N(C)C(=O)C1CCC(CN)CC1. The molecule has 3 heteroatoms. The van der Waals surface area contributed by atoms with Gasteiger partial charge in [-0.1, -0.05) is 6.92 Å². The van der Waals surface area contributed by atoms with E-state index in [2.05, 4.69) is 20.8 Å². The molecular formula is C14H28N2O. The maximum absolute atomic E-state index is 12.4. The normalized spacial score (nSPS) is 25.7. The minimum Gasteiger partial charge on any atom is -0.340 e. The standard InChI is InChI=1S/C14H28N2O/c1-5-14(2,3)16(4)13(17)12-8-6-11(10-15)7-9-12/h11-12H,5-10,15H2,1-4H3. The second-order valence-corrected chi connectivity index (χ2v) is 6.02. The molecule has 0 heterocycles. The van der Waals surface area contributed by atoms with Crippen LogP contribution in [0.4, 0.5) is 0 Å². The van der Waals surface area contributed by atoms with Crippen molar-refractivity contribution in [1.29, 1.82) is 0 Å². The smallest absolute Gasteiger partial charge is 0.225 e. The molecule has 1 rings (SSSR count). The van der Waals surface area contributed by atoms with Crippen molar-refractivity contribution in [3.8, 4) is 0 Å². The second kappa shape index (κ2) is 5.85. The summed E-state index contributed by atoms with van der Waals surface area (Å²) in [4.78, 5) is 14.3. The molecule has 1 amide bonds. The molecule has 0 radical (unpaired) electrons. The van der Waals surface area contributed by atoms with E-state index in [1.165, 1.54) is 0 Å². The Bertz CT molecular complexity index is 255. The Hall–Kier alpha value is -0.570. The molecular weight excluding hydrogens is 212 g/mol. The second-order valence-electron chi connectivity index (χ2n) is 6.02. The average Bonchev–Trinajstić information content (AvgIpc) is 2.37. The number of nitrogens with two attached hydrogens (primary N) is 1. The molecule has 1 aliphatic rings. The van der Waals surface area contributed by atoms with Gasteiger partial charge in [0.2, 0.25) is 5.91 Å². The van der Waals surface area contributed by atoms with Crippen LogP contribution in [0.1, 0.15) is 52.9 Å². The van der Waals surface area contributed by atoms with Gasteiger partial charge in [-0.25, -0.2) is 0 Å². The van der Waals surface area contributed by atoms with Crippen LogP contribution in [0.25, 0.3) is 0 Å². The number of hydrogen-bond donors (Lipinski definition) is 1. The van der Waals surface area contributed by atoms with Crippen LogP contribution in [0.2, 0.25) is 0 Å². The molecule has 0 spiro atoms. The molecule has 0 aliphatic heterocycles. The van der Waals surface area contributed by atoms with Crippen molar-refractivity contribution in [2.24, 2.45) is 17.6 Å². The third-order valence-electron chi connectivity index (χ3n) is 4.63. The number of carbonyl (C=O) groups excluding carboxylic acids is 1. The lowest BCUT2D eigenvalue weighted by Gasteiger charge is -2.38. The molecule has 0 aromatic rings. The number of hydrogen-bond acceptors (Lipinski definition) is 2. The van der Waals surface area contributed by atoms with E-state index in [0.29, 0.717) is 11.8 Å². The summed E-state index contributed by atoms with van der Waals surface area (Å²) in [5.74, 6) is 1.20. The van der Waals surface area contributed by atoms with Crippen molar-refractivity contribution < 1.29 is 4.79 Å². The summed E-state index contributed by atoms with van der Waals surface area (Å²) >= 11 is 0. The van der Waals surface area contributed by atoms with Crippen molar-refractivity contribution in [1.82, 2.24) is 4.90 Å². The fourth-order valence-corrected chi connectivity index (χ4v) is 2.45. The molecule has 0 aromatic heterocycles. The molecule has 3 nitrogen and oxygen atoms in total. The van der Waals surface area contributed by atoms with E-state index in [0.717, 1.165) is 38.6 Å². The molecule has 0 bridgehead atoms. The van der Waals surface area contributed by atoms with Crippen LogP contribution in [-0.4, -0.2) is 29.9 Å². The first-order valence-corrected chi connectivity index (χ1v) is 6.90. The molecule has 17 heavy (non-hydrogen) atoms. The van der Waals surface area contributed by atoms with Crippen molar-refractivity contribution in [2.45, 2.75) is 58.4 Å². The lowest BCUT2D eigenvalue weighted by Crippen LogP contribution is -2.47. The Morgan fingerprint density at radius 3 is 2.24 bits per heavy atom. The number of rotatable bonds is 4. The van der Waals surface area contributed by atoms with Crippen LogP contribution in [0.15, 0.2) is 0 Å². The molecule has 2 N–H and O–H groups in total.